The van der Waals surface area contributed by atoms with Crippen molar-refractivity contribution >= 4 is 16.5 Å². The van der Waals surface area contributed by atoms with Crippen LogP contribution in [0.15, 0.2) is 0 Å². The molecule has 0 bridgehead atoms. The van der Waals surface area contributed by atoms with Crippen LogP contribution in [0.2, 0.25) is 39.3 Å². The van der Waals surface area contributed by atoms with Crippen molar-refractivity contribution in [3.05, 3.63) is 0 Å². The molecule has 0 aromatic carbocycles. The van der Waals surface area contributed by atoms with E-state index in [9.17, 15) is 0 Å². The lowest BCUT2D eigenvalue weighted by atomic mass is 11.2. The summed E-state index contributed by atoms with van der Waals surface area (Å²) in [6, 6.07) is 0. The molecule has 0 radical (unpaired) electrons. The summed E-state index contributed by atoms with van der Waals surface area (Å²) in [6.07, 6.45) is 0. The van der Waals surface area contributed by atoms with Crippen molar-refractivity contribution < 1.29 is 0 Å². The predicted molar refractivity (Wildman–Crippen MR) is 74.1 cm³/mol. The Labute approximate surface area is 93.5 Å². The third-order valence-electron chi connectivity index (χ3n) is 2.19. The minimum Gasteiger partial charge on any atom is -0.317 e. The summed E-state index contributed by atoms with van der Waals surface area (Å²) < 4.78 is 4.65. The second-order valence-electron chi connectivity index (χ2n) is 6.28. The van der Waals surface area contributed by atoms with Crippen LogP contribution >= 0.6 is 0 Å². The number of hydrogen-bond donors (Lipinski definition) is 0. The fourth-order valence-corrected chi connectivity index (χ4v) is 1.20. The Morgan fingerprint density at radius 1 is 0.571 bits per heavy atom. The Hall–Kier alpha value is 0.354. The summed E-state index contributed by atoms with van der Waals surface area (Å²) >= 11 is 0. The molecular formula is C10H30N2Si2. The quantitative estimate of drug-likeness (QED) is 0.678. The van der Waals surface area contributed by atoms with Gasteiger partial charge in [-0.05, 0) is 41.3 Å². The highest BCUT2D eigenvalue weighted by Gasteiger charge is 2.26. The summed E-state index contributed by atoms with van der Waals surface area (Å²) in [5.41, 5.74) is 0. The van der Waals surface area contributed by atoms with E-state index in [0.29, 0.717) is 0 Å². The lowest BCUT2D eigenvalue weighted by Gasteiger charge is -2.35. The van der Waals surface area contributed by atoms with Gasteiger partial charge in [0, 0.05) is 8.07 Å². The molecule has 0 unspecified atom stereocenters. The van der Waals surface area contributed by atoms with E-state index >= 15 is 0 Å². The van der Waals surface area contributed by atoms with E-state index in [-0.39, 0.29) is 0 Å². The SMILES string of the molecule is CN(C)[Si](C)(C)N(C)C.C[Si](C)(C)C. The van der Waals surface area contributed by atoms with Gasteiger partial charge in [0.15, 0.2) is 8.40 Å². The van der Waals surface area contributed by atoms with Crippen LogP contribution in [0.5, 0.6) is 0 Å². The molecule has 0 N–H and O–H groups in total. The molecule has 0 aromatic rings. The molecule has 0 saturated carbocycles. The topological polar surface area (TPSA) is 6.48 Å². The van der Waals surface area contributed by atoms with Gasteiger partial charge in [-0.2, -0.15) is 0 Å². The van der Waals surface area contributed by atoms with Gasteiger partial charge in [-0.25, -0.2) is 0 Å². The fraction of sp³-hybridized carbons (Fsp3) is 1.00. The molecule has 0 heterocycles. The first-order valence-corrected chi connectivity index (χ1v) is 12.1. The van der Waals surface area contributed by atoms with E-state index in [2.05, 4.69) is 76.6 Å². The standard InChI is InChI=1S/C6H18N2Si.C4H12Si/c1-7(2)9(5,6)8(3)4;1-5(2,3)4/h1-6H3;1-4H3. The highest BCUT2D eigenvalue weighted by atomic mass is 28.3. The molecule has 2 nitrogen and oxygen atoms in total. The van der Waals surface area contributed by atoms with E-state index in [1.807, 2.05) is 0 Å². The average molecular weight is 235 g/mol. The molecule has 14 heavy (non-hydrogen) atoms. The molecule has 0 amide bonds. The third-order valence-corrected chi connectivity index (χ3v) is 6.57. The maximum Gasteiger partial charge on any atom is 0.199 e. The van der Waals surface area contributed by atoms with Crippen LogP contribution in [-0.2, 0) is 0 Å². The molecule has 0 aliphatic rings. The van der Waals surface area contributed by atoms with Crippen molar-refractivity contribution in [2.24, 2.45) is 0 Å². The maximum atomic E-state index is 2.33. The van der Waals surface area contributed by atoms with Gasteiger partial charge >= 0.3 is 0 Å². The van der Waals surface area contributed by atoms with Crippen LogP contribution in [0.25, 0.3) is 0 Å². The molecule has 0 aromatic heterocycles. The summed E-state index contributed by atoms with van der Waals surface area (Å²) in [4.78, 5) is 0. The Bertz CT molecular complexity index is 133. The van der Waals surface area contributed by atoms with Gasteiger partial charge in [-0.1, -0.05) is 26.2 Å². The number of hydrogen-bond acceptors (Lipinski definition) is 2. The predicted octanol–water partition coefficient (Wildman–Crippen LogP) is 2.77. The van der Waals surface area contributed by atoms with Crippen molar-refractivity contribution in [1.82, 2.24) is 9.13 Å². The molecule has 0 spiro atoms. The van der Waals surface area contributed by atoms with E-state index in [1.165, 1.54) is 0 Å². The fourth-order valence-electron chi connectivity index (χ4n) is 0.400. The summed E-state index contributed by atoms with van der Waals surface area (Å²) in [5.74, 6) is 0. The number of nitrogens with zero attached hydrogens (tertiary/aromatic N) is 2. The van der Waals surface area contributed by atoms with Crippen molar-refractivity contribution in [3.8, 4) is 0 Å². The van der Waals surface area contributed by atoms with Crippen LogP contribution in [0.3, 0.4) is 0 Å². The molecule has 0 rings (SSSR count). The highest BCUT2D eigenvalue weighted by Crippen LogP contribution is 2.06. The average Bonchev–Trinajstić information content (AvgIpc) is 1.82. The molecule has 0 atom stereocenters. The molecule has 0 aliphatic carbocycles. The monoisotopic (exact) mass is 234 g/mol. The normalized spacial score (nSPS) is 12.9. The zero-order chi connectivity index (χ0) is 12.2. The van der Waals surface area contributed by atoms with Crippen LogP contribution < -0.4 is 0 Å². The van der Waals surface area contributed by atoms with Crippen molar-refractivity contribution in [2.45, 2.75) is 39.3 Å². The van der Waals surface area contributed by atoms with E-state index in [4.69, 9.17) is 0 Å². The second kappa shape index (κ2) is 6.05. The summed E-state index contributed by atoms with van der Waals surface area (Å²) in [5, 5.41) is 0. The molecular weight excluding hydrogens is 204 g/mol. The zero-order valence-electron chi connectivity index (χ0n) is 11.9. The van der Waals surface area contributed by atoms with Crippen LogP contribution in [0.1, 0.15) is 0 Å². The van der Waals surface area contributed by atoms with Crippen LogP contribution in [0, 0.1) is 0 Å². The molecule has 0 aliphatic heterocycles. The molecule has 0 saturated heterocycles. The second-order valence-corrected chi connectivity index (χ2v) is 17.1. The minimum absolute atomic E-state index is 0.611. The van der Waals surface area contributed by atoms with Crippen molar-refractivity contribution in [3.63, 3.8) is 0 Å². The minimum atomic E-state index is -1.19. The first kappa shape index (κ1) is 16.8. The Balaban J connectivity index is 0. The zero-order valence-corrected chi connectivity index (χ0v) is 13.9. The molecule has 4 heteroatoms. The first-order valence-electron chi connectivity index (χ1n) is 5.24. The highest BCUT2D eigenvalue weighted by molar-refractivity contribution is 6.74. The van der Waals surface area contributed by atoms with Crippen LogP contribution in [0.4, 0.5) is 0 Å². The molecule has 88 valence electrons. The molecule has 0 fully saturated rings. The van der Waals surface area contributed by atoms with E-state index in [0.717, 1.165) is 0 Å². The van der Waals surface area contributed by atoms with Gasteiger partial charge in [0.2, 0.25) is 0 Å². The third kappa shape index (κ3) is 10.4. The largest absolute Gasteiger partial charge is 0.317 e. The maximum absolute atomic E-state index is 2.33. The van der Waals surface area contributed by atoms with Gasteiger partial charge < -0.3 is 9.13 Å². The Morgan fingerprint density at radius 3 is 0.714 bits per heavy atom. The van der Waals surface area contributed by atoms with E-state index in [1.54, 1.807) is 0 Å². The number of rotatable bonds is 2. The lowest BCUT2D eigenvalue weighted by molar-refractivity contribution is 0.495. The van der Waals surface area contributed by atoms with Crippen molar-refractivity contribution in [2.75, 3.05) is 28.2 Å². The van der Waals surface area contributed by atoms with Gasteiger partial charge in [-0.3, -0.25) is 0 Å². The van der Waals surface area contributed by atoms with Gasteiger partial charge in [0.25, 0.3) is 0 Å². The van der Waals surface area contributed by atoms with E-state index < -0.39 is 16.5 Å². The van der Waals surface area contributed by atoms with Gasteiger partial charge in [0.1, 0.15) is 0 Å². The smallest absolute Gasteiger partial charge is 0.199 e. The Kier molecular flexibility index (Phi) is 7.25. The van der Waals surface area contributed by atoms with Gasteiger partial charge in [-0.15, -0.1) is 0 Å². The lowest BCUT2D eigenvalue weighted by Crippen LogP contribution is -2.55. The summed E-state index contributed by atoms with van der Waals surface area (Å²) in [7, 11) is 6.78. The van der Waals surface area contributed by atoms with Gasteiger partial charge in [0.05, 0.1) is 0 Å². The summed E-state index contributed by atoms with van der Waals surface area (Å²) in [6.45, 7) is 14.0. The Morgan fingerprint density at radius 2 is 0.714 bits per heavy atom. The van der Waals surface area contributed by atoms with Crippen LogP contribution in [-0.4, -0.2) is 53.8 Å². The van der Waals surface area contributed by atoms with Crippen molar-refractivity contribution in [1.29, 1.82) is 0 Å². The first-order chi connectivity index (χ1) is 5.89.